The molecule has 0 unspecified atom stereocenters. The monoisotopic (exact) mass is 1540 g/mol. The fraction of sp³-hybridized carbons (Fsp3) is 0.0508. The quantitative estimate of drug-likeness (QED) is 0.0544. The van der Waals surface area contributed by atoms with E-state index in [0.717, 1.165) is 50.8 Å². The van der Waals surface area contributed by atoms with Gasteiger partial charge in [-0.15, -0.1) is 0 Å². The van der Waals surface area contributed by atoms with Crippen molar-refractivity contribution in [1.29, 1.82) is 0 Å². The van der Waals surface area contributed by atoms with Crippen molar-refractivity contribution in [2.45, 2.75) is 55.0 Å². The number of hydrogen-bond acceptors (Lipinski definition) is 22. The van der Waals surface area contributed by atoms with Crippen LogP contribution in [0.5, 0.6) is 0 Å². The standard InChI is InChI=1S/C15H12N4O9S3.C15H12N4O6S2.C15H12N4O3S.C14H10N4O3S/c1-6-2-8-12(10(3-6)30(23,24)25)18-14(16-8)15-17-9-4-7(29(20,21)22)5-11(13(9)19-15)31(26,27)28;1-7-2-3-9-10(4-7)17-14(16-9)15-18-11-5-8(26(20,21)22)6-12(13(11)19-15)27(23,24)25;1-8-2-4-10-12(6-8)18-14(16-10)15-17-11-5-3-9(23(20,21)22)7-13(11)19-15;19-22(20,21)8-5-6-11-12(7-8)18-14(17-11)13-15-9-3-1-2-4-10(9)16-13/h2-5H,1H3,(H,16,18)(H,17,19)(H,20,21,22)(H,23,24,25)(H,26,27,28);2-6H,1H3,(H,16,17)(H,18,19)(H,20,21,22)(H,23,24,25);2-7H,1H3,(H,16,18)(H,17,19)(H,20,21,22);1-7H,(H,15,16)(H,17,18)(H,19,20,21). The predicted molar refractivity (Wildman–Crippen MR) is 368 cm³/mol. The number of benzene rings is 8. The van der Waals surface area contributed by atoms with Gasteiger partial charge in [0.15, 0.2) is 46.6 Å². The molecule has 0 fully saturated rings. The van der Waals surface area contributed by atoms with Crippen molar-refractivity contribution in [2.75, 3.05) is 0 Å². The van der Waals surface area contributed by atoms with Gasteiger partial charge in [0.2, 0.25) is 0 Å². The van der Waals surface area contributed by atoms with E-state index in [1.165, 1.54) is 42.5 Å². The minimum atomic E-state index is -4.94. The number of nitrogens with zero attached hydrogens (tertiary/aromatic N) is 8. The second-order valence-electron chi connectivity index (χ2n) is 22.7. The summed E-state index contributed by atoms with van der Waals surface area (Å²) in [6, 6.07) is 33.2. The van der Waals surface area contributed by atoms with E-state index in [0.29, 0.717) is 74.4 Å². The van der Waals surface area contributed by atoms with Crippen LogP contribution in [-0.4, -0.2) is 171 Å². The van der Waals surface area contributed by atoms with Gasteiger partial charge in [-0.05, 0) is 147 Å². The van der Waals surface area contributed by atoms with Crippen molar-refractivity contribution >= 4 is 159 Å². The van der Waals surface area contributed by atoms with Crippen LogP contribution in [0.4, 0.5) is 0 Å². The minimum absolute atomic E-state index is 0.00983. The molecule has 8 aromatic heterocycles. The maximum absolute atomic E-state index is 11.7. The fourth-order valence-corrected chi connectivity index (χ4v) is 14.9. The maximum atomic E-state index is 11.7. The highest BCUT2D eigenvalue weighted by atomic mass is 32.2. The smallest absolute Gasteiger partial charge is 0.296 e. The molecule has 0 radical (unpaired) electrons. The number of nitrogens with one attached hydrogen (secondary N) is 8. The van der Waals surface area contributed by atoms with Gasteiger partial charge in [0, 0.05) is 0 Å². The van der Waals surface area contributed by atoms with Crippen LogP contribution in [0.3, 0.4) is 0 Å². The van der Waals surface area contributed by atoms with Gasteiger partial charge in [-0.1, -0.05) is 24.3 Å². The average Bonchev–Trinajstić information content (AvgIpc) is 1.63. The number of imidazole rings is 8. The second kappa shape index (κ2) is 25.1. The Kier molecular flexibility index (Phi) is 17.2. The normalized spacial score (nSPS) is 12.7. The number of rotatable bonds is 11. The van der Waals surface area contributed by atoms with Gasteiger partial charge in [0.1, 0.15) is 31.2 Å². The van der Waals surface area contributed by atoms with E-state index in [4.69, 9.17) is 9.11 Å². The summed E-state index contributed by atoms with van der Waals surface area (Å²) in [6.45, 7) is 5.50. The van der Waals surface area contributed by atoms with Crippen molar-refractivity contribution < 1.29 is 90.8 Å². The first-order chi connectivity index (χ1) is 48.1. The summed E-state index contributed by atoms with van der Waals surface area (Å²) >= 11 is 0. The highest BCUT2D eigenvalue weighted by Gasteiger charge is 2.28. The van der Waals surface area contributed by atoms with Gasteiger partial charge in [-0.3, -0.25) is 31.9 Å². The lowest BCUT2D eigenvalue weighted by molar-refractivity contribution is 0.477. The first-order valence-electron chi connectivity index (χ1n) is 28.9. The molecule has 0 atom stereocenters. The molecule has 37 nitrogen and oxygen atoms in total. The Balaban J connectivity index is 0.000000123. The van der Waals surface area contributed by atoms with Crippen LogP contribution in [0, 0.1) is 20.8 Å². The number of aromatic nitrogens is 16. The second-order valence-corrected chi connectivity index (χ2v) is 32.6. The zero-order valence-corrected chi connectivity index (χ0v) is 57.7. The van der Waals surface area contributed by atoms with Gasteiger partial charge in [-0.2, -0.15) is 58.9 Å². The van der Waals surface area contributed by atoms with Crippen LogP contribution in [0.2, 0.25) is 0 Å². The molecule has 0 amide bonds. The Bertz CT molecular complexity index is 7070. The first-order valence-corrected chi connectivity index (χ1v) is 38.9. The van der Waals surface area contributed by atoms with Crippen LogP contribution in [-0.2, 0) is 70.8 Å². The van der Waals surface area contributed by atoms with Gasteiger partial charge >= 0.3 is 0 Å². The average molecular weight is 1540 g/mol. The summed E-state index contributed by atoms with van der Waals surface area (Å²) in [4.78, 5) is 53.8. The Hall–Kier alpha value is -11.1. The lowest BCUT2D eigenvalue weighted by atomic mass is 10.2. The summed E-state index contributed by atoms with van der Waals surface area (Å²) in [5.41, 5.74) is 9.01. The Morgan fingerprint density at radius 3 is 0.816 bits per heavy atom. The van der Waals surface area contributed by atoms with Crippen LogP contribution in [0.1, 0.15) is 16.7 Å². The van der Waals surface area contributed by atoms with Crippen molar-refractivity contribution in [2.24, 2.45) is 0 Å². The molecule has 44 heteroatoms. The third kappa shape index (κ3) is 14.6. The van der Waals surface area contributed by atoms with Crippen molar-refractivity contribution in [3.63, 3.8) is 0 Å². The van der Waals surface area contributed by atoms with Crippen molar-refractivity contribution in [3.8, 4) is 46.6 Å². The minimum Gasteiger partial charge on any atom is -0.335 e. The molecule has 103 heavy (non-hydrogen) atoms. The summed E-state index contributed by atoms with van der Waals surface area (Å²) < 4.78 is 226. The highest BCUT2D eigenvalue weighted by Crippen LogP contribution is 2.34. The van der Waals surface area contributed by atoms with E-state index in [1.54, 1.807) is 19.1 Å². The third-order valence-corrected chi connectivity index (χ3v) is 21.2. The summed E-state index contributed by atoms with van der Waals surface area (Å²) in [7, 11) is -32.4. The topological polar surface area (TPSA) is 610 Å². The molecule has 8 aromatic carbocycles. The molecular weight excluding hydrogens is 1490 g/mol. The fourth-order valence-electron chi connectivity index (χ4n) is 10.6. The van der Waals surface area contributed by atoms with Crippen molar-refractivity contribution in [1.82, 2.24) is 79.7 Å². The van der Waals surface area contributed by atoms with Gasteiger partial charge in [0.05, 0.1) is 91.3 Å². The zero-order chi connectivity index (χ0) is 74.0. The number of fused-ring (bicyclic) bond motifs is 8. The van der Waals surface area contributed by atoms with Gasteiger partial charge in [0.25, 0.3) is 70.8 Å². The number of hydrogen-bond donors (Lipinski definition) is 15. The first kappa shape index (κ1) is 70.3. The van der Waals surface area contributed by atoms with Gasteiger partial charge < -0.3 is 39.9 Å². The largest absolute Gasteiger partial charge is 0.335 e. The lowest BCUT2D eigenvalue weighted by Gasteiger charge is -2.02. The molecular formula is C59H46N16O21S7. The molecule has 530 valence electrons. The Labute approximate surface area is 577 Å². The molecule has 0 spiro atoms. The van der Waals surface area contributed by atoms with E-state index in [9.17, 15) is 81.7 Å². The maximum Gasteiger partial charge on any atom is 0.296 e. The van der Waals surface area contributed by atoms with E-state index in [2.05, 4.69) is 79.7 Å². The number of H-pyrrole nitrogens is 8. The summed E-state index contributed by atoms with van der Waals surface area (Å²) in [5.74, 6) is 2.35. The van der Waals surface area contributed by atoms with Crippen LogP contribution < -0.4 is 0 Å². The molecule has 0 aliphatic heterocycles. The zero-order valence-electron chi connectivity index (χ0n) is 52.0. The number of para-hydroxylation sites is 2. The van der Waals surface area contributed by atoms with Gasteiger partial charge in [-0.25, -0.2) is 39.9 Å². The molecule has 15 N–H and O–H groups in total. The van der Waals surface area contributed by atoms with Crippen LogP contribution >= 0.6 is 0 Å². The summed E-state index contributed by atoms with van der Waals surface area (Å²) in [5, 5.41) is 0. The molecule has 8 heterocycles. The van der Waals surface area contributed by atoms with E-state index >= 15 is 0 Å². The molecule has 16 aromatic rings. The lowest BCUT2D eigenvalue weighted by Crippen LogP contribution is -2.04. The Morgan fingerprint density at radius 2 is 0.485 bits per heavy atom. The van der Waals surface area contributed by atoms with Crippen LogP contribution in [0.25, 0.3) is 135 Å². The predicted octanol–water partition coefficient (Wildman–Crippen LogP) is 8.08. The number of aryl methyl sites for hydroxylation is 3. The van der Waals surface area contributed by atoms with Crippen molar-refractivity contribution in [3.05, 3.63) is 150 Å². The highest BCUT2D eigenvalue weighted by molar-refractivity contribution is 7.88. The van der Waals surface area contributed by atoms with Crippen LogP contribution in [0.15, 0.2) is 168 Å². The van der Waals surface area contributed by atoms with E-state index in [1.807, 2.05) is 68.4 Å². The van der Waals surface area contributed by atoms with E-state index in [-0.39, 0.29) is 60.4 Å². The third-order valence-electron chi connectivity index (χ3n) is 15.2. The SMILES string of the molecule is Cc1cc(S(=O)(=O)O)c2nc(-c3nc4c(S(=O)(=O)O)cc(S(=O)(=O)O)cc4[nH]3)[nH]c2c1.Cc1ccc2nc(-c3nc4c(S(=O)(=O)O)cc(S(=O)(=O)O)cc4[nH]3)[nH]c2c1.Cc1ccc2nc(-c3nc4ccc(S(=O)(=O)O)cc4[nH]3)[nH]c2c1.O=S(=O)(O)c1ccc2nc(-c3nc4ccccc4[nH]3)[nH]c2c1. The molecule has 0 aliphatic rings. The molecule has 0 saturated carbocycles. The molecule has 0 bridgehead atoms. The molecule has 0 saturated heterocycles. The molecule has 0 aliphatic carbocycles. The van der Waals surface area contributed by atoms with E-state index < -0.39 is 95.3 Å². The number of aromatic amines is 8. The molecule has 16 rings (SSSR count). The summed E-state index contributed by atoms with van der Waals surface area (Å²) in [6.07, 6.45) is 0. The Morgan fingerprint density at radius 1 is 0.233 bits per heavy atom.